The van der Waals surface area contributed by atoms with E-state index in [0.29, 0.717) is 4.88 Å². The average molecular weight is 404 g/mol. The highest BCUT2D eigenvalue weighted by Crippen LogP contribution is 2.30. The van der Waals surface area contributed by atoms with Gasteiger partial charge in [0.05, 0.1) is 17.1 Å². The van der Waals surface area contributed by atoms with Gasteiger partial charge in [-0.05, 0) is 38.0 Å². The zero-order chi connectivity index (χ0) is 19.8. The van der Waals surface area contributed by atoms with E-state index in [1.54, 1.807) is 0 Å². The lowest BCUT2D eigenvalue weighted by Crippen LogP contribution is -2.12. The first-order chi connectivity index (χ1) is 14.2. The van der Waals surface area contributed by atoms with Gasteiger partial charge in [-0.15, -0.1) is 0 Å². The molecule has 1 aromatic carbocycles. The second-order valence-electron chi connectivity index (χ2n) is 7.19. The molecule has 0 fully saturated rings. The molecule has 4 aromatic rings. The highest BCUT2D eigenvalue weighted by Gasteiger charge is 2.19. The molecule has 3 aromatic heterocycles. The zero-order valence-electron chi connectivity index (χ0n) is 16.1. The molecule has 1 aliphatic heterocycles. The molecule has 1 amide bonds. The summed E-state index contributed by atoms with van der Waals surface area (Å²) in [4.78, 5) is 23.0. The molecule has 0 saturated heterocycles. The van der Waals surface area contributed by atoms with Crippen LogP contribution in [0.3, 0.4) is 0 Å². The molecule has 4 heterocycles. The lowest BCUT2D eigenvalue weighted by Gasteiger charge is -2.11. The predicted octanol–water partition coefficient (Wildman–Crippen LogP) is 4.69. The van der Waals surface area contributed by atoms with Gasteiger partial charge in [0, 0.05) is 37.1 Å². The number of aryl methyl sites for hydroxylation is 3. The number of fused-ring (bicyclic) bond motifs is 1. The number of para-hydroxylation sites is 1. The number of amides is 1. The molecule has 0 atom stereocenters. The molecular weight excluding hydrogens is 382 g/mol. The molecular formula is C22H21N5OS. The van der Waals surface area contributed by atoms with Gasteiger partial charge >= 0.3 is 0 Å². The van der Waals surface area contributed by atoms with Crippen molar-refractivity contribution in [3.05, 3.63) is 71.4 Å². The van der Waals surface area contributed by atoms with Crippen molar-refractivity contribution in [2.45, 2.75) is 32.7 Å². The van der Waals surface area contributed by atoms with Crippen molar-refractivity contribution in [2.24, 2.45) is 0 Å². The van der Waals surface area contributed by atoms with Gasteiger partial charge in [0.2, 0.25) is 0 Å². The molecule has 0 aliphatic carbocycles. The lowest BCUT2D eigenvalue weighted by molar-refractivity contribution is 0.103. The van der Waals surface area contributed by atoms with Crippen LogP contribution < -0.4 is 5.32 Å². The minimum Gasteiger partial charge on any atom is -0.334 e. The SMILES string of the molecule is Cc1nc(-n2cccc2)sc1C(=O)Nc1ccccc1-c1cn2c(n1)CCCC2. The monoisotopic (exact) mass is 403 g/mol. The summed E-state index contributed by atoms with van der Waals surface area (Å²) in [5.41, 5.74) is 3.34. The van der Waals surface area contributed by atoms with Crippen molar-refractivity contribution < 1.29 is 4.79 Å². The Hall–Kier alpha value is -3.19. The summed E-state index contributed by atoms with van der Waals surface area (Å²) < 4.78 is 4.14. The largest absolute Gasteiger partial charge is 0.334 e. The van der Waals surface area contributed by atoms with Crippen LogP contribution >= 0.6 is 11.3 Å². The minimum absolute atomic E-state index is 0.144. The van der Waals surface area contributed by atoms with E-state index in [4.69, 9.17) is 4.98 Å². The molecule has 29 heavy (non-hydrogen) atoms. The molecule has 5 rings (SSSR count). The molecule has 0 unspecified atom stereocenters. The summed E-state index contributed by atoms with van der Waals surface area (Å²) in [7, 11) is 0. The summed E-state index contributed by atoms with van der Waals surface area (Å²) in [5.74, 6) is 0.983. The summed E-state index contributed by atoms with van der Waals surface area (Å²) in [6.45, 7) is 2.88. The van der Waals surface area contributed by atoms with Gasteiger partial charge in [-0.3, -0.25) is 4.79 Å². The topological polar surface area (TPSA) is 64.7 Å². The highest BCUT2D eigenvalue weighted by atomic mass is 32.1. The summed E-state index contributed by atoms with van der Waals surface area (Å²) in [6.07, 6.45) is 9.34. The van der Waals surface area contributed by atoms with E-state index in [-0.39, 0.29) is 5.91 Å². The maximum Gasteiger partial charge on any atom is 0.267 e. The fourth-order valence-corrected chi connectivity index (χ4v) is 4.63. The molecule has 0 radical (unpaired) electrons. The van der Waals surface area contributed by atoms with Crippen molar-refractivity contribution in [1.82, 2.24) is 19.1 Å². The van der Waals surface area contributed by atoms with Crippen molar-refractivity contribution in [3.63, 3.8) is 0 Å². The van der Waals surface area contributed by atoms with Crippen LogP contribution in [0.4, 0.5) is 5.69 Å². The number of hydrogen-bond donors (Lipinski definition) is 1. The van der Waals surface area contributed by atoms with Crippen LogP contribution in [0.25, 0.3) is 16.4 Å². The first-order valence-corrected chi connectivity index (χ1v) is 10.6. The van der Waals surface area contributed by atoms with E-state index in [0.717, 1.165) is 46.6 Å². The highest BCUT2D eigenvalue weighted by molar-refractivity contribution is 7.16. The van der Waals surface area contributed by atoms with Gasteiger partial charge < -0.3 is 14.5 Å². The second-order valence-corrected chi connectivity index (χ2v) is 8.17. The van der Waals surface area contributed by atoms with Gasteiger partial charge in [-0.2, -0.15) is 0 Å². The smallest absolute Gasteiger partial charge is 0.267 e. The third kappa shape index (κ3) is 3.38. The maximum atomic E-state index is 13.0. The molecule has 0 spiro atoms. The molecule has 0 bridgehead atoms. The molecule has 7 heteroatoms. The van der Waals surface area contributed by atoms with Crippen LogP contribution in [-0.4, -0.2) is 25.0 Å². The number of nitrogens with zero attached hydrogens (tertiary/aromatic N) is 4. The van der Waals surface area contributed by atoms with E-state index in [1.807, 2.05) is 60.3 Å². The van der Waals surface area contributed by atoms with Crippen LogP contribution in [0.15, 0.2) is 55.0 Å². The second kappa shape index (κ2) is 7.33. The van der Waals surface area contributed by atoms with Crippen molar-refractivity contribution in [3.8, 4) is 16.4 Å². The van der Waals surface area contributed by atoms with E-state index in [1.165, 1.54) is 24.2 Å². The van der Waals surface area contributed by atoms with Gasteiger partial charge in [0.1, 0.15) is 10.7 Å². The zero-order valence-corrected chi connectivity index (χ0v) is 16.9. The number of rotatable bonds is 4. The Morgan fingerprint density at radius 1 is 1.10 bits per heavy atom. The number of nitrogens with one attached hydrogen (secondary N) is 1. The Balaban J connectivity index is 1.44. The van der Waals surface area contributed by atoms with Crippen LogP contribution in [-0.2, 0) is 13.0 Å². The number of carbonyl (C=O) groups excluding carboxylic acids is 1. The van der Waals surface area contributed by atoms with Crippen molar-refractivity contribution >= 4 is 22.9 Å². The van der Waals surface area contributed by atoms with Gasteiger partial charge in [-0.25, -0.2) is 9.97 Å². The number of anilines is 1. The van der Waals surface area contributed by atoms with E-state index < -0.39 is 0 Å². The van der Waals surface area contributed by atoms with Gasteiger partial charge in [-0.1, -0.05) is 29.5 Å². The predicted molar refractivity (Wildman–Crippen MR) is 115 cm³/mol. The summed E-state index contributed by atoms with van der Waals surface area (Å²) in [5, 5.41) is 3.86. The Labute approximate surface area is 172 Å². The van der Waals surface area contributed by atoms with E-state index in [9.17, 15) is 4.79 Å². The molecule has 0 saturated carbocycles. The van der Waals surface area contributed by atoms with Gasteiger partial charge in [0.15, 0.2) is 5.13 Å². The number of imidazole rings is 1. The number of carbonyl (C=O) groups is 1. The summed E-state index contributed by atoms with van der Waals surface area (Å²) >= 11 is 1.39. The Morgan fingerprint density at radius 3 is 2.76 bits per heavy atom. The van der Waals surface area contributed by atoms with Crippen LogP contribution in [0, 0.1) is 6.92 Å². The van der Waals surface area contributed by atoms with Gasteiger partial charge in [0.25, 0.3) is 5.91 Å². The molecule has 1 N–H and O–H groups in total. The summed E-state index contributed by atoms with van der Waals surface area (Å²) in [6, 6.07) is 11.7. The third-order valence-electron chi connectivity index (χ3n) is 5.18. The minimum atomic E-state index is -0.144. The first kappa shape index (κ1) is 17.9. The number of aromatic nitrogens is 4. The van der Waals surface area contributed by atoms with Crippen LogP contribution in [0.5, 0.6) is 0 Å². The first-order valence-electron chi connectivity index (χ1n) is 9.76. The van der Waals surface area contributed by atoms with Crippen molar-refractivity contribution in [1.29, 1.82) is 0 Å². The lowest BCUT2D eigenvalue weighted by atomic mass is 10.1. The Morgan fingerprint density at radius 2 is 1.93 bits per heavy atom. The van der Waals surface area contributed by atoms with E-state index in [2.05, 4.69) is 21.1 Å². The Kier molecular flexibility index (Phi) is 4.52. The van der Waals surface area contributed by atoms with Crippen LogP contribution in [0.1, 0.15) is 34.0 Å². The Bertz CT molecular complexity index is 1150. The molecule has 146 valence electrons. The fourth-order valence-electron chi connectivity index (χ4n) is 3.70. The van der Waals surface area contributed by atoms with Crippen molar-refractivity contribution in [2.75, 3.05) is 5.32 Å². The number of hydrogen-bond acceptors (Lipinski definition) is 4. The quantitative estimate of drug-likeness (QED) is 0.537. The average Bonchev–Trinajstić information content (AvgIpc) is 3.47. The van der Waals surface area contributed by atoms with E-state index >= 15 is 0 Å². The number of benzene rings is 1. The fraction of sp³-hybridized carbons (Fsp3) is 0.227. The van der Waals surface area contributed by atoms with Crippen LogP contribution in [0.2, 0.25) is 0 Å². The molecule has 1 aliphatic rings. The standard InChI is InChI=1S/C22H21N5OS/c1-15-20(29-22(23-15)26-11-6-7-12-26)21(28)25-17-9-3-2-8-16(17)18-14-27-13-5-4-10-19(27)24-18/h2-3,6-9,11-12,14H,4-5,10,13H2,1H3,(H,25,28). The number of thiazole rings is 1. The maximum absolute atomic E-state index is 13.0. The third-order valence-corrected chi connectivity index (χ3v) is 6.35. The normalized spacial score (nSPS) is 13.3. The molecule has 6 nitrogen and oxygen atoms in total.